The minimum atomic E-state index is -0.906. The van der Waals surface area contributed by atoms with Gasteiger partial charge < -0.3 is 10.4 Å². The number of aryl methyl sites for hydroxylation is 1. The molecular formula is C17H20N4O2S. The van der Waals surface area contributed by atoms with Crippen LogP contribution in [0, 0.1) is 6.92 Å². The molecule has 0 aliphatic heterocycles. The van der Waals surface area contributed by atoms with Gasteiger partial charge in [0.05, 0.1) is 17.0 Å². The second-order valence-electron chi connectivity index (χ2n) is 6.02. The van der Waals surface area contributed by atoms with E-state index in [2.05, 4.69) is 24.3 Å². The fourth-order valence-electron chi connectivity index (χ4n) is 2.62. The maximum atomic E-state index is 10.9. The van der Waals surface area contributed by atoms with Gasteiger partial charge in [-0.1, -0.05) is 37.3 Å². The molecule has 6 nitrogen and oxygen atoms in total. The first kappa shape index (κ1) is 16.6. The Labute approximate surface area is 144 Å². The van der Waals surface area contributed by atoms with Crippen LogP contribution in [0.1, 0.15) is 52.1 Å². The van der Waals surface area contributed by atoms with Crippen molar-refractivity contribution in [3.8, 4) is 0 Å². The Morgan fingerprint density at radius 1 is 1.29 bits per heavy atom. The van der Waals surface area contributed by atoms with Gasteiger partial charge in [0.25, 0.3) is 0 Å². The fraction of sp³-hybridized carbons (Fsp3) is 0.353. The largest absolute Gasteiger partial charge is 0.478 e. The number of carboxylic acid groups (broad SMARTS) is 1. The SMILES string of the molecule is Cc1nn2c(CNCc3ccc(C(=O)O)cc3)c(C(C)C)nc2s1. The third-order valence-electron chi connectivity index (χ3n) is 3.80. The predicted molar refractivity (Wildman–Crippen MR) is 93.6 cm³/mol. The summed E-state index contributed by atoms with van der Waals surface area (Å²) in [5, 5.41) is 17.9. The van der Waals surface area contributed by atoms with Crippen molar-refractivity contribution in [1.29, 1.82) is 0 Å². The van der Waals surface area contributed by atoms with Gasteiger partial charge in [-0.15, -0.1) is 0 Å². The van der Waals surface area contributed by atoms with Crippen LogP contribution in [0.25, 0.3) is 4.96 Å². The third kappa shape index (κ3) is 3.32. The van der Waals surface area contributed by atoms with Crippen LogP contribution in [-0.2, 0) is 13.1 Å². The summed E-state index contributed by atoms with van der Waals surface area (Å²) in [7, 11) is 0. The first-order chi connectivity index (χ1) is 11.5. The minimum Gasteiger partial charge on any atom is -0.478 e. The Morgan fingerprint density at radius 2 is 2.00 bits per heavy atom. The molecule has 0 saturated carbocycles. The molecule has 0 atom stereocenters. The smallest absolute Gasteiger partial charge is 0.335 e. The molecule has 24 heavy (non-hydrogen) atoms. The van der Waals surface area contributed by atoms with Crippen LogP contribution in [0.5, 0.6) is 0 Å². The number of fused-ring (bicyclic) bond motifs is 1. The van der Waals surface area contributed by atoms with Gasteiger partial charge in [0.2, 0.25) is 4.96 Å². The van der Waals surface area contributed by atoms with Gasteiger partial charge in [-0.2, -0.15) is 5.10 Å². The number of aromatic nitrogens is 3. The quantitative estimate of drug-likeness (QED) is 0.718. The van der Waals surface area contributed by atoms with E-state index in [4.69, 9.17) is 10.1 Å². The average molecular weight is 344 g/mol. The van der Waals surface area contributed by atoms with Gasteiger partial charge in [0.1, 0.15) is 5.01 Å². The molecule has 0 spiro atoms. The summed E-state index contributed by atoms with van der Waals surface area (Å²) in [5.74, 6) is -0.567. The van der Waals surface area contributed by atoms with E-state index in [1.807, 2.05) is 23.6 Å². The predicted octanol–water partition coefficient (Wildman–Crippen LogP) is 3.21. The summed E-state index contributed by atoms with van der Waals surface area (Å²) < 4.78 is 1.93. The molecule has 0 aliphatic rings. The van der Waals surface area contributed by atoms with Crippen LogP contribution >= 0.6 is 11.3 Å². The van der Waals surface area contributed by atoms with Crippen molar-refractivity contribution in [2.24, 2.45) is 0 Å². The molecule has 0 fully saturated rings. The van der Waals surface area contributed by atoms with Crippen molar-refractivity contribution in [2.45, 2.75) is 39.8 Å². The Balaban J connectivity index is 1.73. The van der Waals surface area contributed by atoms with Crippen LogP contribution in [0.15, 0.2) is 24.3 Å². The van der Waals surface area contributed by atoms with E-state index < -0.39 is 5.97 Å². The Morgan fingerprint density at radius 3 is 2.62 bits per heavy atom. The molecule has 0 amide bonds. The molecule has 0 unspecified atom stereocenters. The molecule has 0 saturated heterocycles. The number of benzene rings is 1. The zero-order valence-electron chi connectivity index (χ0n) is 13.9. The van der Waals surface area contributed by atoms with Crippen molar-refractivity contribution >= 4 is 22.3 Å². The van der Waals surface area contributed by atoms with E-state index in [9.17, 15) is 4.79 Å². The molecule has 0 aliphatic carbocycles. The molecule has 3 aromatic rings. The monoisotopic (exact) mass is 344 g/mol. The number of carbonyl (C=O) groups is 1. The molecule has 2 N–H and O–H groups in total. The summed E-state index contributed by atoms with van der Waals surface area (Å²) >= 11 is 1.60. The molecule has 2 aromatic heterocycles. The van der Waals surface area contributed by atoms with Crippen molar-refractivity contribution in [2.75, 3.05) is 0 Å². The van der Waals surface area contributed by atoms with E-state index in [0.717, 1.165) is 26.9 Å². The highest BCUT2D eigenvalue weighted by Crippen LogP contribution is 2.23. The van der Waals surface area contributed by atoms with Crippen LogP contribution in [0.2, 0.25) is 0 Å². The summed E-state index contributed by atoms with van der Waals surface area (Å²) in [6.07, 6.45) is 0. The van der Waals surface area contributed by atoms with Gasteiger partial charge in [0.15, 0.2) is 0 Å². The highest BCUT2D eigenvalue weighted by molar-refractivity contribution is 7.16. The van der Waals surface area contributed by atoms with E-state index in [1.54, 1.807) is 23.5 Å². The molecule has 0 bridgehead atoms. The van der Waals surface area contributed by atoms with E-state index in [-0.39, 0.29) is 0 Å². The maximum absolute atomic E-state index is 10.9. The van der Waals surface area contributed by atoms with E-state index in [0.29, 0.717) is 24.6 Å². The lowest BCUT2D eigenvalue weighted by Crippen LogP contribution is -2.16. The molecule has 126 valence electrons. The molecule has 3 rings (SSSR count). The number of hydrogen-bond acceptors (Lipinski definition) is 5. The summed E-state index contributed by atoms with van der Waals surface area (Å²) in [6.45, 7) is 7.57. The van der Waals surface area contributed by atoms with Crippen molar-refractivity contribution in [3.05, 3.63) is 51.8 Å². The zero-order valence-corrected chi connectivity index (χ0v) is 14.7. The van der Waals surface area contributed by atoms with Gasteiger partial charge in [-0.05, 0) is 30.5 Å². The third-order valence-corrected chi connectivity index (χ3v) is 4.62. The number of carboxylic acids is 1. The van der Waals surface area contributed by atoms with Crippen LogP contribution in [-0.4, -0.2) is 25.7 Å². The summed E-state index contributed by atoms with van der Waals surface area (Å²) in [4.78, 5) is 16.5. The number of imidazole rings is 1. The standard InChI is InChI=1S/C17H20N4O2S/c1-10(2)15-14(21-17(19-15)24-11(3)20-21)9-18-8-12-4-6-13(7-5-12)16(22)23/h4-7,10,18H,8-9H2,1-3H3,(H,22,23). The fourth-order valence-corrected chi connectivity index (χ4v) is 3.39. The topological polar surface area (TPSA) is 79.5 Å². The van der Waals surface area contributed by atoms with Gasteiger partial charge in [-0.3, -0.25) is 0 Å². The first-order valence-electron chi connectivity index (χ1n) is 7.83. The van der Waals surface area contributed by atoms with Crippen molar-refractivity contribution in [1.82, 2.24) is 19.9 Å². The summed E-state index contributed by atoms with van der Waals surface area (Å²) in [6, 6.07) is 6.91. The van der Waals surface area contributed by atoms with E-state index >= 15 is 0 Å². The Kier molecular flexibility index (Phi) is 4.64. The molecular weight excluding hydrogens is 324 g/mol. The lowest BCUT2D eigenvalue weighted by molar-refractivity contribution is 0.0697. The van der Waals surface area contributed by atoms with Crippen LogP contribution < -0.4 is 5.32 Å². The number of aromatic carboxylic acids is 1. The van der Waals surface area contributed by atoms with Gasteiger partial charge in [-0.25, -0.2) is 14.3 Å². The van der Waals surface area contributed by atoms with Crippen molar-refractivity contribution < 1.29 is 9.90 Å². The van der Waals surface area contributed by atoms with Gasteiger partial charge in [0, 0.05) is 13.1 Å². The van der Waals surface area contributed by atoms with E-state index in [1.165, 1.54) is 0 Å². The van der Waals surface area contributed by atoms with Crippen LogP contribution in [0.4, 0.5) is 0 Å². The van der Waals surface area contributed by atoms with Crippen molar-refractivity contribution in [3.63, 3.8) is 0 Å². The number of hydrogen-bond donors (Lipinski definition) is 2. The highest BCUT2D eigenvalue weighted by Gasteiger charge is 2.17. The number of rotatable bonds is 6. The minimum absolute atomic E-state index is 0.302. The molecule has 1 aromatic carbocycles. The van der Waals surface area contributed by atoms with Crippen LogP contribution in [0.3, 0.4) is 0 Å². The lowest BCUT2D eigenvalue weighted by Gasteiger charge is -2.08. The number of nitrogens with one attached hydrogen (secondary N) is 1. The summed E-state index contributed by atoms with van der Waals surface area (Å²) in [5.41, 5.74) is 3.51. The Hall–Kier alpha value is -2.25. The Bertz CT molecular complexity index is 865. The molecule has 7 heteroatoms. The number of nitrogens with zero attached hydrogens (tertiary/aromatic N) is 3. The molecule has 2 heterocycles. The lowest BCUT2D eigenvalue weighted by atomic mass is 10.1. The molecule has 0 radical (unpaired) electrons. The average Bonchev–Trinajstić information content (AvgIpc) is 3.05. The maximum Gasteiger partial charge on any atom is 0.335 e. The normalized spacial score (nSPS) is 11.5. The zero-order chi connectivity index (χ0) is 17.3. The second-order valence-corrected chi connectivity index (χ2v) is 7.18. The highest BCUT2D eigenvalue weighted by atomic mass is 32.1. The second kappa shape index (κ2) is 6.70. The first-order valence-corrected chi connectivity index (χ1v) is 8.65. The van der Waals surface area contributed by atoms with Gasteiger partial charge >= 0.3 is 5.97 Å².